The number of aryl methyl sites for hydroxylation is 1. The molecule has 0 aliphatic carbocycles. The molecule has 0 heterocycles. The molecule has 0 saturated carbocycles. The van der Waals surface area contributed by atoms with Crippen molar-refractivity contribution < 1.29 is 15.3 Å². The second-order valence-electron chi connectivity index (χ2n) is 2.41. The lowest BCUT2D eigenvalue weighted by atomic mass is 10.1. The lowest BCUT2D eigenvalue weighted by molar-refractivity contribution is -0.0430. The van der Waals surface area contributed by atoms with Crippen LogP contribution in [0.15, 0.2) is 18.2 Å². The summed E-state index contributed by atoms with van der Waals surface area (Å²) in [6, 6.07) is 4.46. The molecule has 0 unspecified atom stereocenters. The van der Waals surface area contributed by atoms with Gasteiger partial charge in [0.05, 0.1) is 0 Å². The van der Waals surface area contributed by atoms with Crippen molar-refractivity contribution in [1.82, 2.24) is 0 Å². The van der Waals surface area contributed by atoms with Gasteiger partial charge in [-0.05, 0) is 24.6 Å². The van der Waals surface area contributed by atoms with E-state index < -0.39 is 6.29 Å². The molecule has 0 spiro atoms. The van der Waals surface area contributed by atoms with Gasteiger partial charge in [0.1, 0.15) is 5.75 Å². The molecule has 0 aliphatic rings. The summed E-state index contributed by atoms with van der Waals surface area (Å²) in [4.78, 5) is 0. The fourth-order valence-electron chi connectivity index (χ4n) is 0.906. The molecule has 1 rings (SSSR count). The Labute approximate surface area is 64.5 Å². The molecule has 1 aromatic rings. The summed E-state index contributed by atoms with van der Waals surface area (Å²) in [5.74, 6) is 0.0405. The van der Waals surface area contributed by atoms with Crippen molar-refractivity contribution in [3.63, 3.8) is 0 Å². The van der Waals surface area contributed by atoms with E-state index in [1.165, 1.54) is 12.1 Å². The average molecular weight is 154 g/mol. The van der Waals surface area contributed by atoms with Gasteiger partial charge < -0.3 is 15.3 Å². The predicted octanol–water partition coefficient (Wildman–Crippen LogP) is 0.684. The Morgan fingerprint density at radius 2 is 1.91 bits per heavy atom. The molecule has 0 saturated heterocycles. The van der Waals surface area contributed by atoms with Crippen molar-refractivity contribution in [2.24, 2.45) is 0 Å². The van der Waals surface area contributed by atoms with E-state index >= 15 is 0 Å². The van der Waals surface area contributed by atoms with Crippen LogP contribution in [-0.2, 0) is 0 Å². The van der Waals surface area contributed by atoms with Gasteiger partial charge in [-0.2, -0.15) is 0 Å². The van der Waals surface area contributed by atoms with E-state index in [1.807, 2.05) is 0 Å². The normalized spacial score (nSPS) is 10.5. The summed E-state index contributed by atoms with van der Waals surface area (Å²) in [6.45, 7) is 1.74. The maximum Gasteiger partial charge on any atom is 0.178 e. The molecule has 1 aromatic carbocycles. The molecule has 3 heteroatoms. The van der Waals surface area contributed by atoms with E-state index in [0.717, 1.165) is 5.56 Å². The van der Waals surface area contributed by atoms with Crippen LogP contribution in [0.4, 0.5) is 0 Å². The predicted molar refractivity (Wildman–Crippen MR) is 40.0 cm³/mol. The van der Waals surface area contributed by atoms with Crippen molar-refractivity contribution in [2.45, 2.75) is 13.2 Å². The molecule has 60 valence electrons. The molecule has 0 aromatic heterocycles. The zero-order valence-corrected chi connectivity index (χ0v) is 6.15. The second kappa shape index (κ2) is 2.90. The Kier molecular flexibility index (Phi) is 2.12. The number of aliphatic hydroxyl groups excluding tert-OH is 1. The maximum atomic E-state index is 8.96. The van der Waals surface area contributed by atoms with E-state index in [-0.39, 0.29) is 5.75 Å². The van der Waals surface area contributed by atoms with Crippen molar-refractivity contribution in [3.8, 4) is 5.75 Å². The Hall–Kier alpha value is -1.06. The third-order valence-corrected chi connectivity index (χ3v) is 1.54. The summed E-state index contributed by atoms with van der Waals surface area (Å²) in [5.41, 5.74) is 1.09. The van der Waals surface area contributed by atoms with E-state index in [2.05, 4.69) is 0 Å². The third kappa shape index (κ3) is 1.69. The monoisotopic (exact) mass is 154 g/mol. The summed E-state index contributed by atoms with van der Waals surface area (Å²) < 4.78 is 0. The van der Waals surface area contributed by atoms with Crippen LogP contribution >= 0.6 is 0 Å². The summed E-state index contributed by atoms with van der Waals surface area (Å²) in [5, 5.41) is 26.5. The summed E-state index contributed by atoms with van der Waals surface area (Å²) >= 11 is 0. The number of hydrogen-bond donors (Lipinski definition) is 3. The highest BCUT2D eigenvalue weighted by Gasteiger charge is 2.06. The highest BCUT2D eigenvalue weighted by molar-refractivity contribution is 5.34. The largest absolute Gasteiger partial charge is 0.508 e. The fraction of sp³-hybridized carbons (Fsp3) is 0.250. The first-order chi connectivity index (χ1) is 5.11. The number of phenols is 1. The minimum atomic E-state index is -1.51. The fourth-order valence-corrected chi connectivity index (χ4v) is 0.906. The van der Waals surface area contributed by atoms with Crippen LogP contribution in [-0.4, -0.2) is 15.3 Å². The topological polar surface area (TPSA) is 60.7 Å². The Balaban J connectivity index is 3.13. The first-order valence-electron chi connectivity index (χ1n) is 3.27. The number of aliphatic hydroxyl groups is 2. The quantitative estimate of drug-likeness (QED) is 0.521. The number of benzene rings is 1. The standard InChI is InChI=1S/C8H10O3/c1-5-2-3-6(9)4-7(5)8(10)11/h2-4,8-11H,1H3. The van der Waals surface area contributed by atoms with Gasteiger partial charge in [-0.25, -0.2) is 0 Å². The van der Waals surface area contributed by atoms with Crippen molar-refractivity contribution in [2.75, 3.05) is 0 Å². The molecule has 3 N–H and O–H groups in total. The van der Waals surface area contributed by atoms with Crippen molar-refractivity contribution in [1.29, 1.82) is 0 Å². The Morgan fingerprint density at radius 1 is 1.27 bits per heavy atom. The van der Waals surface area contributed by atoms with E-state index in [1.54, 1.807) is 13.0 Å². The molecule has 0 fully saturated rings. The van der Waals surface area contributed by atoms with Crippen molar-refractivity contribution in [3.05, 3.63) is 29.3 Å². The van der Waals surface area contributed by atoms with Gasteiger partial charge in [0.25, 0.3) is 0 Å². The van der Waals surface area contributed by atoms with E-state index in [0.29, 0.717) is 5.56 Å². The Morgan fingerprint density at radius 3 is 2.36 bits per heavy atom. The molecule has 0 atom stereocenters. The highest BCUT2D eigenvalue weighted by Crippen LogP contribution is 2.20. The summed E-state index contributed by atoms with van der Waals surface area (Å²) in [6.07, 6.45) is -1.51. The molecule has 3 nitrogen and oxygen atoms in total. The number of rotatable bonds is 1. The first kappa shape index (κ1) is 8.04. The van der Waals surface area contributed by atoms with Crippen LogP contribution in [0.25, 0.3) is 0 Å². The van der Waals surface area contributed by atoms with Gasteiger partial charge in [-0.3, -0.25) is 0 Å². The molecule has 11 heavy (non-hydrogen) atoms. The lowest BCUT2D eigenvalue weighted by Crippen LogP contribution is -1.97. The van der Waals surface area contributed by atoms with Crippen molar-refractivity contribution >= 4 is 0 Å². The SMILES string of the molecule is Cc1ccc(O)cc1C(O)O. The van der Waals surface area contributed by atoms with Crippen LogP contribution in [0.2, 0.25) is 0 Å². The van der Waals surface area contributed by atoms with Gasteiger partial charge in [0.15, 0.2) is 6.29 Å². The average Bonchev–Trinajstić information content (AvgIpc) is 1.94. The molecular formula is C8H10O3. The van der Waals surface area contributed by atoms with Crippen LogP contribution in [0.5, 0.6) is 5.75 Å². The molecule has 0 radical (unpaired) electrons. The number of phenolic OH excluding ortho intramolecular Hbond substituents is 1. The smallest absolute Gasteiger partial charge is 0.178 e. The van der Waals surface area contributed by atoms with Crippen LogP contribution < -0.4 is 0 Å². The van der Waals surface area contributed by atoms with Crippen LogP contribution in [0, 0.1) is 6.92 Å². The van der Waals surface area contributed by atoms with Gasteiger partial charge in [0.2, 0.25) is 0 Å². The lowest BCUT2D eigenvalue weighted by Gasteiger charge is -2.07. The number of hydrogen-bond acceptors (Lipinski definition) is 3. The van der Waals surface area contributed by atoms with E-state index in [4.69, 9.17) is 15.3 Å². The molecular weight excluding hydrogens is 144 g/mol. The summed E-state index contributed by atoms with van der Waals surface area (Å²) in [7, 11) is 0. The zero-order chi connectivity index (χ0) is 8.43. The first-order valence-corrected chi connectivity index (χ1v) is 3.27. The third-order valence-electron chi connectivity index (χ3n) is 1.54. The Bertz CT molecular complexity index is 256. The zero-order valence-electron chi connectivity index (χ0n) is 6.15. The maximum absolute atomic E-state index is 8.96. The van der Waals surface area contributed by atoms with Gasteiger partial charge in [0, 0.05) is 5.56 Å². The van der Waals surface area contributed by atoms with Gasteiger partial charge in [-0.15, -0.1) is 0 Å². The minimum Gasteiger partial charge on any atom is -0.508 e. The van der Waals surface area contributed by atoms with Crippen LogP contribution in [0.3, 0.4) is 0 Å². The minimum absolute atomic E-state index is 0.0405. The molecule has 0 amide bonds. The molecule has 0 bridgehead atoms. The van der Waals surface area contributed by atoms with Gasteiger partial charge in [-0.1, -0.05) is 6.07 Å². The van der Waals surface area contributed by atoms with E-state index in [9.17, 15) is 0 Å². The molecule has 0 aliphatic heterocycles. The van der Waals surface area contributed by atoms with Gasteiger partial charge >= 0.3 is 0 Å². The number of aromatic hydroxyl groups is 1. The van der Waals surface area contributed by atoms with Crippen LogP contribution in [0.1, 0.15) is 17.4 Å². The second-order valence-corrected chi connectivity index (χ2v) is 2.41. The highest BCUT2D eigenvalue weighted by atomic mass is 16.5.